The van der Waals surface area contributed by atoms with Crippen LogP contribution < -0.4 is 11.3 Å². The molecule has 0 saturated heterocycles. The van der Waals surface area contributed by atoms with Crippen LogP contribution in [-0.4, -0.2) is 10.5 Å². The molecule has 3 N–H and O–H groups in total. The van der Waals surface area contributed by atoms with E-state index < -0.39 is 0 Å². The predicted molar refractivity (Wildman–Crippen MR) is 46.1 cm³/mol. The van der Waals surface area contributed by atoms with Crippen molar-refractivity contribution in [1.29, 1.82) is 5.26 Å². The Balaban J connectivity index is 2.55. The third kappa shape index (κ3) is 2.32. The number of nitriles is 1. The molecular formula is C8H10N4O. The Morgan fingerprint density at radius 2 is 2.54 bits per heavy atom. The fourth-order valence-electron chi connectivity index (χ4n) is 1.00. The number of rotatable bonds is 3. The van der Waals surface area contributed by atoms with Crippen molar-refractivity contribution in [2.24, 2.45) is 5.84 Å². The lowest BCUT2D eigenvalue weighted by Gasteiger charge is -2.02. The van der Waals surface area contributed by atoms with E-state index in [1.165, 1.54) is 0 Å². The Kier molecular flexibility index (Phi) is 3.06. The molecule has 0 aliphatic rings. The molecule has 0 saturated carbocycles. The maximum atomic E-state index is 10.8. The summed E-state index contributed by atoms with van der Waals surface area (Å²) in [6.07, 6.45) is 2.03. The summed E-state index contributed by atoms with van der Waals surface area (Å²) >= 11 is 0. The van der Waals surface area contributed by atoms with Crippen molar-refractivity contribution in [3.63, 3.8) is 0 Å². The fourth-order valence-corrected chi connectivity index (χ4v) is 1.00. The smallest absolute Gasteiger partial charge is 0.235 e. The summed E-state index contributed by atoms with van der Waals surface area (Å²) in [5.41, 5.74) is 2.58. The number of carbonyl (C=O) groups excluding carboxylic acids is 1. The average molecular weight is 178 g/mol. The highest BCUT2D eigenvalue weighted by Gasteiger charge is 2.01. The Morgan fingerprint density at radius 1 is 1.77 bits per heavy atom. The number of amides is 1. The van der Waals surface area contributed by atoms with Crippen LogP contribution in [-0.2, 0) is 11.3 Å². The van der Waals surface area contributed by atoms with Gasteiger partial charge in [0.05, 0.1) is 0 Å². The second kappa shape index (κ2) is 4.28. The van der Waals surface area contributed by atoms with Crippen molar-refractivity contribution in [1.82, 2.24) is 9.99 Å². The van der Waals surface area contributed by atoms with Gasteiger partial charge in [-0.1, -0.05) is 0 Å². The van der Waals surface area contributed by atoms with Gasteiger partial charge in [-0.2, -0.15) is 5.26 Å². The van der Waals surface area contributed by atoms with Crippen LogP contribution in [0.5, 0.6) is 0 Å². The number of hydrogen-bond donors (Lipinski definition) is 2. The first kappa shape index (κ1) is 9.29. The van der Waals surface area contributed by atoms with Crippen molar-refractivity contribution >= 4 is 5.91 Å². The van der Waals surface area contributed by atoms with Crippen molar-refractivity contribution in [2.75, 3.05) is 0 Å². The molecule has 1 rings (SSSR count). The summed E-state index contributed by atoms with van der Waals surface area (Å²) < 4.78 is 1.70. The summed E-state index contributed by atoms with van der Waals surface area (Å²) in [5, 5.41) is 8.63. The van der Waals surface area contributed by atoms with Gasteiger partial charge in [-0.15, -0.1) is 0 Å². The number of hydrazine groups is 1. The Labute approximate surface area is 75.7 Å². The molecule has 0 bridgehead atoms. The minimum atomic E-state index is -0.238. The lowest BCUT2D eigenvalue weighted by molar-refractivity contribution is -0.121. The number of carbonyl (C=O) groups is 1. The van der Waals surface area contributed by atoms with Gasteiger partial charge in [0.25, 0.3) is 0 Å². The van der Waals surface area contributed by atoms with E-state index in [2.05, 4.69) is 0 Å². The highest BCUT2D eigenvalue weighted by molar-refractivity contribution is 5.75. The first-order valence-electron chi connectivity index (χ1n) is 3.82. The normalized spacial score (nSPS) is 9.23. The summed E-state index contributed by atoms with van der Waals surface area (Å²) in [7, 11) is 0. The second-order valence-corrected chi connectivity index (χ2v) is 2.52. The SMILES string of the molecule is N#Cc1cccn1CCC(=O)NN. The molecule has 0 spiro atoms. The van der Waals surface area contributed by atoms with Gasteiger partial charge < -0.3 is 4.57 Å². The zero-order valence-electron chi connectivity index (χ0n) is 7.03. The van der Waals surface area contributed by atoms with Crippen molar-refractivity contribution in [3.05, 3.63) is 24.0 Å². The first-order chi connectivity index (χ1) is 6.27. The van der Waals surface area contributed by atoms with Gasteiger partial charge in [-0.05, 0) is 12.1 Å². The molecule has 0 aliphatic heterocycles. The molecular weight excluding hydrogens is 168 g/mol. The van der Waals surface area contributed by atoms with E-state index >= 15 is 0 Å². The summed E-state index contributed by atoms with van der Waals surface area (Å²) in [4.78, 5) is 10.8. The first-order valence-corrected chi connectivity index (χ1v) is 3.82. The number of aromatic nitrogens is 1. The van der Waals surface area contributed by atoms with E-state index in [9.17, 15) is 4.79 Å². The Hall–Kier alpha value is -1.80. The third-order valence-corrected chi connectivity index (χ3v) is 1.68. The lowest BCUT2D eigenvalue weighted by Crippen LogP contribution is -2.30. The average Bonchev–Trinajstić information content (AvgIpc) is 2.61. The van der Waals surface area contributed by atoms with E-state index in [1.807, 2.05) is 11.5 Å². The second-order valence-electron chi connectivity index (χ2n) is 2.52. The zero-order valence-corrected chi connectivity index (χ0v) is 7.03. The van der Waals surface area contributed by atoms with Crippen LogP contribution in [0.2, 0.25) is 0 Å². The van der Waals surface area contributed by atoms with Gasteiger partial charge in [-0.3, -0.25) is 10.2 Å². The van der Waals surface area contributed by atoms with Gasteiger partial charge in [0, 0.05) is 19.2 Å². The van der Waals surface area contributed by atoms with Gasteiger partial charge >= 0.3 is 0 Å². The van der Waals surface area contributed by atoms with Crippen LogP contribution in [0.4, 0.5) is 0 Å². The number of hydrogen-bond acceptors (Lipinski definition) is 3. The van der Waals surface area contributed by atoms with Crippen LogP contribution in [0, 0.1) is 11.3 Å². The molecule has 0 radical (unpaired) electrons. The molecule has 68 valence electrons. The number of nitrogens with two attached hydrogens (primary N) is 1. The van der Waals surface area contributed by atoms with Gasteiger partial charge in [0.1, 0.15) is 11.8 Å². The van der Waals surface area contributed by atoms with Crippen LogP contribution in [0.25, 0.3) is 0 Å². The van der Waals surface area contributed by atoms with E-state index in [0.29, 0.717) is 12.2 Å². The molecule has 0 aromatic carbocycles. The molecule has 5 nitrogen and oxygen atoms in total. The minimum absolute atomic E-state index is 0.238. The quantitative estimate of drug-likeness (QED) is 0.380. The van der Waals surface area contributed by atoms with Crippen LogP contribution in [0.1, 0.15) is 12.1 Å². The summed E-state index contributed by atoms with van der Waals surface area (Å²) in [5.74, 6) is 4.67. The minimum Gasteiger partial charge on any atom is -0.339 e. The molecule has 0 unspecified atom stereocenters. The topological polar surface area (TPSA) is 83.8 Å². The zero-order chi connectivity index (χ0) is 9.68. The highest BCUT2D eigenvalue weighted by Crippen LogP contribution is 2.01. The molecule has 5 heteroatoms. The van der Waals surface area contributed by atoms with Gasteiger partial charge in [0.2, 0.25) is 5.91 Å². The fraction of sp³-hybridized carbons (Fsp3) is 0.250. The van der Waals surface area contributed by atoms with Crippen LogP contribution in [0.15, 0.2) is 18.3 Å². The predicted octanol–water partition coefficient (Wildman–Crippen LogP) is -0.260. The van der Waals surface area contributed by atoms with E-state index in [-0.39, 0.29) is 12.3 Å². The van der Waals surface area contributed by atoms with E-state index in [1.54, 1.807) is 22.9 Å². The van der Waals surface area contributed by atoms with Crippen molar-refractivity contribution in [2.45, 2.75) is 13.0 Å². The molecule has 1 aromatic rings. The maximum absolute atomic E-state index is 10.8. The molecule has 0 aliphatic carbocycles. The molecule has 0 fully saturated rings. The molecule has 13 heavy (non-hydrogen) atoms. The summed E-state index contributed by atoms with van der Waals surface area (Å²) in [6, 6.07) is 5.47. The molecule has 1 aromatic heterocycles. The largest absolute Gasteiger partial charge is 0.339 e. The number of nitrogens with one attached hydrogen (secondary N) is 1. The maximum Gasteiger partial charge on any atom is 0.235 e. The number of nitrogens with zero attached hydrogens (tertiary/aromatic N) is 2. The van der Waals surface area contributed by atoms with Gasteiger partial charge in [0.15, 0.2) is 0 Å². The lowest BCUT2D eigenvalue weighted by atomic mass is 10.4. The van der Waals surface area contributed by atoms with E-state index in [4.69, 9.17) is 11.1 Å². The number of aryl methyl sites for hydroxylation is 1. The van der Waals surface area contributed by atoms with Crippen molar-refractivity contribution in [3.8, 4) is 6.07 Å². The monoisotopic (exact) mass is 178 g/mol. The standard InChI is InChI=1S/C8H10N4O/c9-6-7-2-1-4-12(7)5-3-8(13)11-10/h1-2,4H,3,5,10H2,(H,11,13). The highest BCUT2D eigenvalue weighted by atomic mass is 16.2. The third-order valence-electron chi connectivity index (χ3n) is 1.68. The molecule has 1 heterocycles. The molecule has 0 atom stereocenters. The Morgan fingerprint density at radius 3 is 3.15 bits per heavy atom. The Bertz CT molecular complexity index is 336. The van der Waals surface area contributed by atoms with Crippen LogP contribution in [0.3, 0.4) is 0 Å². The molecule has 1 amide bonds. The van der Waals surface area contributed by atoms with Crippen molar-refractivity contribution < 1.29 is 4.79 Å². The van der Waals surface area contributed by atoms with Crippen LogP contribution >= 0.6 is 0 Å². The van der Waals surface area contributed by atoms with Gasteiger partial charge in [-0.25, -0.2) is 5.84 Å². The van der Waals surface area contributed by atoms with E-state index in [0.717, 1.165) is 0 Å². The summed E-state index contributed by atoms with van der Waals surface area (Å²) in [6.45, 7) is 0.471.